The van der Waals surface area contributed by atoms with Crippen molar-refractivity contribution in [3.05, 3.63) is 64.1 Å². The van der Waals surface area contributed by atoms with E-state index in [0.717, 1.165) is 63.0 Å². The predicted octanol–water partition coefficient (Wildman–Crippen LogP) is 3.57. The maximum absolute atomic E-state index is 12.0. The zero-order valence-electron chi connectivity index (χ0n) is 20.0. The smallest absolute Gasteiger partial charge is 0.250 e. The van der Waals surface area contributed by atoms with Gasteiger partial charge < -0.3 is 19.9 Å². The second-order valence-corrected chi connectivity index (χ2v) is 8.28. The molecule has 2 heterocycles. The first kappa shape index (κ1) is 27.2. The Morgan fingerprint density at radius 1 is 1.12 bits per heavy atom. The van der Waals surface area contributed by atoms with Crippen LogP contribution in [0.5, 0.6) is 5.75 Å². The molecule has 1 aliphatic rings. The Bertz CT molecular complexity index is 940. The molecule has 3 rings (SSSR count). The van der Waals surface area contributed by atoms with Crippen LogP contribution in [0.4, 0.5) is 0 Å². The van der Waals surface area contributed by atoms with Gasteiger partial charge in [0.15, 0.2) is 5.96 Å². The van der Waals surface area contributed by atoms with E-state index in [0.29, 0.717) is 0 Å². The van der Waals surface area contributed by atoms with Crippen molar-refractivity contribution in [2.24, 2.45) is 4.99 Å². The van der Waals surface area contributed by atoms with Crippen molar-refractivity contribution >= 4 is 29.9 Å². The van der Waals surface area contributed by atoms with Gasteiger partial charge in [-0.25, -0.2) is 0 Å². The Kier molecular flexibility index (Phi) is 11.7. The molecule has 0 saturated carbocycles. The third-order valence-electron chi connectivity index (χ3n) is 6.12. The van der Waals surface area contributed by atoms with Gasteiger partial charge in [0.2, 0.25) is 0 Å². The normalized spacial score (nSPS) is 15.1. The summed E-state index contributed by atoms with van der Waals surface area (Å²) in [4.78, 5) is 18.9. The number of likely N-dealkylation sites (tertiary alicyclic amines) is 1. The third kappa shape index (κ3) is 8.03. The molecule has 1 saturated heterocycles. The topological polar surface area (TPSA) is 70.9 Å². The standard InChI is InChI=1S/C25H37N5O2.HI/c1-20-10-8-13-24(31)30(20)17-5-4-14-27-25(26-2)28-19-23(29-15-6-7-16-29)21-11-9-12-22(18-21)32-3;/h8-13,18,23H,4-7,14-17,19H2,1-3H3,(H2,26,27,28);1H. The van der Waals surface area contributed by atoms with Gasteiger partial charge in [0.25, 0.3) is 5.56 Å². The average molecular weight is 568 g/mol. The molecule has 2 N–H and O–H groups in total. The number of methoxy groups -OCH3 is 1. The Labute approximate surface area is 214 Å². The van der Waals surface area contributed by atoms with E-state index in [9.17, 15) is 4.79 Å². The van der Waals surface area contributed by atoms with Gasteiger partial charge in [-0.2, -0.15) is 0 Å². The number of hydrogen-bond acceptors (Lipinski definition) is 4. The van der Waals surface area contributed by atoms with Crippen LogP contribution in [0.2, 0.25) is 0 Å². The fraction of sp³-hybridized carbons (Fsp3) is 0.520. The van der Waals surface area contributed by atoms with Crippen molar-refractivity contribution in [3.8, 4) is 5.75 Å². The lowest BCUT2D eigenvalue weighted by Gasteiger charge is -2.29. The van der Waals surface area contributed by atoms with Gasteiger partial charge in [0.05, 0.1) is 13.2 Å². The van der Waals surface area contributed by atoms with Crippen molar-refractivity contribution in [1.29, 1.82) is 0 Å². The lowest BCUT2D eigenvalue weighted by Crippen LogP contribution is -2.43. The number of benzene rings is 1. The molecule has 0 aliphatic carbocycles. The Balaban J connectivity index is 0.00000385. The number of nitrogens with zero attached hydrogens (tertiary/aromatic N) is 3. The molecule has 2 aromatic rings. The number of aryl methyl sites for hydroxylation is 1. The molecular formula is C25H38IN5O2. The summed E-state index contributed by atoms with van der Waals surface area (Å²) in [7, 11) is 3.52. The van der Waals surface area contributed by atoms with Gasteiger partial charge in [0, 0.05) is 38.4 Å². The van der Waals surface area contributed by atoms with Gasteiger partial charge in [-0.1, -0.05) is 18.2 Å². The number of aromatic nitrogens is 1. The van der Waals surface area contributed by atoms with Crippen LogP contribution >= 0.6 is 24.0 Å². The molecule has 0 amide bonds. The lowest BCUT2D eigenvalue weighted by atomic mass is 10.1. The summed E-state index contributed by atoms with van der Waals surface area (Å²) in [6.45, 7) is 6.55. The molecule has 8 heteroatoms. The van der Waals surface area contributed by atoms with Crippen LogP contribution in [0.25, 0.3) is 0 Å². The van der Waals surface area contributed by atoms with Crippen LogP contribution in [-0.4, -0.2) is 55.8 Å². The van der Waals surface area contributed by atoms with Crippen LogP contribution in [0.15, 0.2) is 52.3 Å². The van der Waals surface area contributed by atoms with Gasteiger partial charge in [0.1, 0.15) is 5.75 Å². The fourth-order valence-corrected chi connectivity index (χ4v) is 4.29. The highest BCUT2D eigenvalue weighted by molar-refractivity contribution is 14.0. The first-order chi connectivity index (χ1) is 15.6. The van der Waals surface area contributed by atoms with Gasteiger partial charge in [-0.15, -0.1) is 24.0 Å². The first-order valence-electron chi connectivity index (χ1n) is 11.6. The summed E-state index contributed by atoms with van der Waals surface area (Å²) < 4.78 is 7.28. The van der Waals surface area contributed by atoms with Crippen molar-refractivity contribution < 1.29 is 4.74 Å². The minimum atomic E-state index is 0. The molecule has 182 valence electrons. The summed E-state index contributed by atoms with van der Waals surface area (Å²) in [6.07, 6.45) is 4.40. The summed E-state index contributed by atoms with van der Waals surface area (Å²) in [5, 5.41) is 6.92. The summed E-state index contributed by atoms with van der Waals surface area (Å²) in [5.41, 5.74) is 2.34. The molecule has 1 aliphatic heterocycles. The number of nitrogens with one attached hydrogen (secondary N) is 2. The number of rotatable bonds is 10. The van der Waals surface area contributed by atoms with Crippen molar-refractivity contribution in [2.45, 2.75) is 45.2 Å². The summed E-state index contributed by atoms with van der Waals surface area (Å²) in [5.74, 6) is 1.70. The van der Waals surface area contributed by atoms with Crippen molar-refractivity contribution in [1.82, 2.24) is 20.1 Å². The van der Waals surface area contributed by atoms with Crippen molar-refractivity contribution in [3.63, 3.8) is 0 Å². The maximum Gasteiger partial charge on any atom is 0.250 e. The zero-order valence-corrected chi connectivity index (χ0v) is 22.4. The minimum absolute atomic E-state index is 0. The van der Waals surface area contributed by atoms with Gasteiger partial charge in [-0.05, 0) is 69.5 Å². The molecule has 1 unspecified atom stereocenters. The Morgan fingerprint density at radius 2 is 1.88 bits per heavy atom. The van der Waals surface area contributed by atoms with E-state index in [1.54, 1.807) is 20.2 Å². The first-order valence-corrected chi connectivity index (χ1v) is 11.6. The molecule has 33 heavy (non-hydrogen) atoms. The number of guanidine groups is 1. The second-order valence-electron chi connectivity index (χ2n) is 8.28. The highest BCUT2D eigenvalue weighted by Crippen LogP contribution is 2.27. The number of hydrogen-bond donors (Lipinski definition) is 2. The van der Waals surface area contributed by atoms with Crippen molar-refractivity contribution in [2.75, 3.05) is 40.3 Å². The zero-order chi connectivity index (χ0) is 22.8. The van der Waals surface area contributed by atoms with E-state index in [4.69, 9.17) is 4.74 Å². The predicted molar refractivity (Wildman–Crippen MR) is 146 cm³/mol. The minimum Gasteiger partial charge on any atom is -0.497 e. The number of ether oxygens (including phenoxy) is 1. The van der Waals surface area contributed by atoms with Gasteiger partial charge in [-0.3, -0.25) is 14.7 Å². The SMILES string of the molecule is CN=C(NCCCCn1c(C)cccc1=O)NCC(c1cccc(OC)c1)N1CCCC1.I. The summed E-state index contributed by atoms with van der Waals surface area (Å²) >= 11 is 0. The molecular weight excluding hydrogens is 529 g/mol. The third-order valence-corrected chi connectivity index (χ3v) is 6.12. The molecule has 1 aromatic carbocycles. The monoisotopic (exact) mass is 567 g/mol. The van der Waals surface area contributed by atoms with Crippen LogP contribution in [0.1, 0.15) is 43.0 Å². The number of aliphatic imine (C=N–C) groups is 1. The number of halogens is 1. The number of unbranched alkanes of at least 4 members (excludes halogenated alkanes) is 1. The van der Waals surface area contributed by atoms with E-state index >= 15 is 0 Å². The van der Waals surface area contributed by atoms with Crippen LogP contribution in [0, 0.1) is 6.92 Å². The largest absolute Gasteiger partial charge is 0.497 e. The number of pyridine rings is 1. The highest BCUT2D eigenvalue weighted by atomic mass is 127. The molecule has 7 nitrogen and oxygen atoms in total. The Morgan fingerprint density at radius 3 is 2.58 bits per heavy atom. The quantitative estimate of drug-likeness (QED) is 0.199. The van der Waals surface area contributed by atoms with E-state index in [1.165, 1.54) is 18.4 Å². The van der Waals surface area contributed by atoms with Crippen LogP contribution in [0.3, 0.4) is 0 Å². The van der Waals surface area contributed by atoms with E-state index < -0.39 is 0 Å². The molecule has 1 aromatic heterocycles. The van der Waals surface area contributed by atoms with Gasteiger partial charge >= 0.3 is 0 Å². The molecule has 1 atom stereocenters. The highest BCUT2D eigenvalue weighted by Gasteiger charge is 2.24. The average Bonchev–Trinajstić information content (AvgIpc) is 3.34. The van der Waals surface area contributed by atoms with E-state index in [2.05, 4.69) is 38.7 Å². The fourth-order valence-electron chi connectivity index (χ4n) is 4.29. The van der Waals surface area contributed by atoms with E-state index in [1.807, 2.05) is 29.7 Å². The maximum atomic E-state index is 12.0. The second kappa shape index (κ2) is 14.2. The summed E-state index contributed by atoms with van der Waals surface area (Å²) in [6, 6.07) is 14.0. The molecule has 1 fully saturated rings. The molecule has 0 radical (unpaired) electrons. The molecule has 0 spiro atoms. The van der Waals surface area contributed by atoms with E-state index in [-0.39, 0.29) is 35.6 Å². The lowest BCUT2D eigenvalue weighted by molar-refractivity contribution is 0.245. The molecule has 0 bridgehead atoms. The van der Waals surface area contributed by atoms with Crippen LogP contribution < -0.4 is 20.9 Å². The Hall–Kier alpha value is -2.07. The van der Waals surface area contributed by atoms with Crippen LogP contribution in [-0.2, 0) is 6.54 Å².